The minimum atomic E-state index is -0.112. The van der Waals surface area contributed by atoms with E-state index in [0.29, 0.717) is 12.2 Å². The van der Waals surface area contributed by atoms with E-state index < -0.39 is 0 Å². The van der Waals surface area contributed by atoms with E-state index in [-0.39, 0.29) is 5.91 Å². The third-order valence-corrected chi connectivity index (χ3v) is 3.73. The molecule has 1 aromatic heterocycles. The van der Waals surface area contributed by atoms with Crippen molar-refractivity contribution in [1.82, 2.24) is 10.3 Å². The van der Waals surface area contributed by atoms with Gasteiger partial charge in [-0.25, -0.2) is 4.98 Å². The zero-order valence-corrected chi connectivity index (χ0v) is 11.9. The van der Waals surface area contributed by atoms with Crippen LogP contribution in [0.4, 0.5) is 0 Å². The molecule has 1 aromatic rings. The highest BCUT2D eigenvalue weighted by molar-refractivity contribution is 9.10. The predicted octanol–water partition coefficient (Wildman–Crippen LogP) is 3.46. The van der Waals surface area contributed by atoms with E-state index in [4.69, 9.17) is 0 Å². The van der Waals surface area contributed by atoms with Crippen LogP contribution in [0.25, 0.3) is 0 Å². The van der Waals surface area contributed by atoms with E-state index in [0.717, 1.165) is 10.9 Å². The Morgan fingerprint density at radius 2 is 2.33 bits per heavy atom. The van der Waals surface area contributed by atoms with Crippen molar-refractivity contribution in [2.45, 2.75) is 32.1 Å². The molecule has 2 rings (SSSR count). The summed E-state index contributed by atoms with van der Waals surface area (Å²) in [4.78, 5) is 16.0. The average Bonchev–Trinajstić information content (AvgIpc) is 2.40. The molecule has 0 radical (unpaired) electrons. The fourth-order valence-electron chi connectivity index (χ4n) is 2.10. The van der Waals surface area contributed by atoms with Crippen molar-refractivity contribution in [2.75, 3.05) is 6.54 Å². The van der Waals surface area contributed by atoms with E-state index in [1.54, 1.807) is 12.3 Å². The molecule has 0 spiro atoms. The summed E-state index contributed by atoms with van der Waals surface area (Å²) in [6.07, 6.45) is 9.85. The largest absolute Gasteiger partial charge is 0.350 e. The summed E-state index contributed by atoms with van der Waals surface area (Å²) in [5.74, 6) is -0.112. The molecule has 1 aliphatic carbocycles. The number of aromatic nitrogens is 1. The Morgan fingerprint density at radius 3 is 3.06 bits per heavy atom. The summed E-state index contributed by atoms with van der Waals surface area (Å²) < 4.78 is 0.736. The molecular weight excluding hydrogens is 292 g/mol. The first-order chi connectivity index (χ1) is 8.77. The number of rotatable bonds is 4. The van der Waals surface area contributed by atoms with Gasteiger partial charge < -0.3 is 5.32 Å². The zero-order valence-electron chi connectivity index (χ0n) is 10.3. The van der Waals surface area contributed by atoms with Gasteiger partial charge in [-0.05, 0) is 60.2 Å². The lowest BCUT2D eigenvalue weighted by Crippen LogP contribution is -2.26. The van der Waals surface area contributed by atoms with Crippen LogP contribution in [0.15, 0.2) is 34.5 Å². The number of carbonyl (C=O) groups is 1. The lowest BCUT2D eigenvalue weighted by Gasteiger charge is -2.13. The normalized spacial score (nSPS) is 15.1. The van der Waals surface area contributed by atoms with Gasteiger partial charge in [0.2, 0.25) is 0 Å². The summed E-state index contributed by atoms with van der Waals surface area (Å²) in [5.41, 5.74) is 1.93. The van der Waals surface area contributed by atoms with Gasteiger partial charge in [-0.15, -0.1) is 0 Å². The third-order valence-electron chi connectivity index (χ3n) is 3.09. The first-order valence-corrected chi connectivity index (χ1v) is 7.13. The molecule has 0 unspecified atom stereocenters. The van der Waals surface area contributed by atoms with Gasteiger partial charge in [0.05, 0.1) is 0 Å². The standard InChI is InChI=1S/C14H17BrN2O/c15-12-7-4-9-16-13(12)14(18)17-10-8-11-5-2-1-3-6-11/h4-5,7,9H,1-3,6,8,10H2,(H,17,18). The van der Waals surface area contributed by atoms with E-state index in [1.807, 2.05) is 6.07 Å². The number of nitrogens with zero attached hydrogens (tertiary/aromatic N) is 1. The molecule has 4 heteroatoms. The van der Waals surface area contributed by atoms with Gasteiger partial charge >= 0.3 is 0 Å². The summed E-state index contributed by atoms with van der Waals surface area (Å²) in [7, 11) is 0. The molecule has 0 aliphatic heterocycles. The van der Waals surface area contributed by atoms with E-state index in [1.165, 1.54) is 31.3 Å². The number of hydrogen-bond acceptors (Lipinski definition) is 2. The van der Waals surface area contributed by atoms with Crippen molar-refractivity contribution < 1.29 is 4.79 Å². The predicted molar refractivity (Wildman–Crippen MR) is 75.4 cm³/mol. The van der Waals surface area contributed by atoms with Crippen molar-refractivity contribution in [3.05, 3.63) is 40.1 Å². The molecule has 0 saturated carbocycles. The van der Waals surface area contributed by atoms with Crippen LogP contribution in [0, 0.1) is 0 Å². The Labute approximate surface area is 116 Å². The number of amides is 1. The molecule has 3 nitrogen and oxygen atoms in total. The van der Waals surface area contributed by atoms with E-state index in [9.17, 15) is 4.79 Å². The first kappa shape index (κ1) is 13.3. The minimum absolute atomic E-state index is 0.112. The van der Waals surface area contributed by atoms with Gasteiger partial charge in [0.15, 0.2) is 0 Å². The SMILES string of the molecule is O=C(NCCC1=CCCCC1)c1ncccc1Br. The highest BCUT2D eigenvalue weighted by Crippen LogP contribution is 2.19. The Bertz CT molecular complexity index is 457. The monoisotopic (exact) mass is 308 g/mol. The molecule has 0 bridgehead atoms. The van der Waals surface area contributed by atoms with Crippen LogP contribution in [0.2, 0.25) is 0 Å². The van der Waals surface area contributed by atoms with Crippen LogP contribution in [-0.4, -0.2) is 17.4 Å². The van der Waals surface area contributed by atoms with Crippen LogP contribution in [0.1, 0.15) is 42.6 Å². The second kappa shape index (κ2) is 6.69. The van der Waals surface area contributed by atoms with Crippen molar-refractivity contribution in [3.63, 3.8) is 0 Å². The second-order valence-electron chi connectivity index (χ2n) is 4.45. The lowest BCUT2D eigenvalue weighted by molar-refractivity contribution is 0.0948. The maximum Gasteiger partial charge on any atom is 0.271 e. The van der Waals surface area contributed by atoms with Gasteiger partial charge in [-0.1, -0.05) is 11.6 Å². The summed E-state index contributed by atoms with van der Waals surface area (Å²) in [6, 6.07) is 3.62. The average molecular weight is 309 g/mol. The summed E-state index contributed by atoms with van der Waals surface area (Å²) in [5, 5.41) is 2.91. The second-order valence-corrected chi connectivity index (χ2v) is 5.30. The minimum Gasteiger partial charge on any atom is -0.350 e. The smallest absolute Gasteiger partial charge is 0.271 e. The van der Waals surface area contributed by atoms with Crippen molar-refractivity contribution in [2.24, 2.45) is 0 Å². The fraction of sp³-hybridized carbons (Fsp3) is 0.429. The summed E-state index contributed by atoms with van der Waals surface area (Å²) in [6.45, 7) is 0.688. The Balaban J connectivity index is 1.82. The van der Waals surface area contributed by atoms with Crippen LogP contribution in [0.5, 0.6) is 0 Å². The molecule has 0 fully saturated rings. The van der Waals surface area contributed by atoms with Crippen LogP contribution < -0.4 is 5.32 Å². The molecule has 1 amide bonds. The maximum absolute atomic E-state index is 11.9. The number of hydrogen-bond donors (Lipinski definition) is 1. The molecule has 1 heterocycles. The van der Waals surface area contributed by atoms with Gasteiger partial charge in [0, 0.05) is 17.2 Å². The fourth-order valence-corrected chi connectivity index (χ4v) is 2.54. The Hall–Kier alpha value is -1.16. The molecule has 1 N–H and O–H groups in total. The first-order valence-electron chi connectivity index (χ1n) is 6.34. The number of nitrogens with one attached hydrogen (secondary N) is 1. The van der Waals surface area contributed by atoms with Gasteiger partial charge in [-0.3, -0.25) is 4.79 Å². The van der Waals surface area contributed by atoms with Crippen LogP contribution in [0.3, 0.4) is 0 Å². The lowest BCUT2D eigenvalue weighted by atomic mass is 9.97. The Morgan fingerprint density at radius 1 is 1.44 bits per heavy atom. The number of allylic oxidation sites excluding steroid dienone is 1. The zero-order chi connectivity index (χ0) is 12.8. The maximum atomic E-state index is 11.9. The van der Waals surface area contributed by atoms with E-state index in [2.05, 4.69) is 32.3 Å². The summed E-state index contributed by atoms with van der Waals surface area (Å²) >= 11 is 3.33. The molecular formula is C14H17BrN2O. The molecule has 0 saturated heterocycles. The van der Waals surface area contributed by atoms with Gasteiger partial charge in [0.1, 0.15) is 5.69 Å². The molecule has 0 aromatic carbocycles. The molecule has 96 valence electrons. The Kier molecular flexibility index (Phi) is 4.93. The quantitative estimate of drug-likeness (QED) is 0.865. The highest BCUT2D eigenvalue weighted by atomic mass is 79.9. The highest BCUT2D eigenvalue weighted by Gasteiger charge is 2.10. The van der Waals surface area contributed by atoms with Crippen LogP contribution in [-0.2, 0) is 0 Å². The van der Waals surface area contributed by atoms with Crippen molar-refractivity contribution in [3.8, 4) is 0 Å². The topological polar surface area (TPSA) is 42.0 Å². The third kappa shape index (κ3) is 3.67. The van der Waals surface area contributed by atoms with E-state index >= 15 is 0 Å². The number of pyridine rings is 1. The number of halogens is 1. The number of carbonyl (C=O) groups excluding carboxylic acids is 1. The van der Waals surface area contributed by atoms with Crippen molar-refractivity contribution in [1.29, 1.82) is 0 Å². The molecule has 0 atom stereocenters. The van der Waals surface area contributed by atoms with Crippen molar-refractivity contribution >= 4 is 21.8 Å². The van der Waals surface area contributed by atoms with Crippen LogP contribution >= 0.6 is 15.9 Å². The molecule has 1 aliphatic rings. The van der Waals surface area contributed by atoms with Gasteiger partial charge in [-0.2, -0.15) is 0 Å². The molecule has 18 heavy (non-hydrogen) atoms. The van der Waals surface area contributed by atoms with Gasteiger partial charge in [0.25, 0.3) is 5.91 Å².